The largest absolute Gasteiger partial charge is 0.455 e. The quantitative estimate of drug-likeness (QED) is 0.538. The molecule has 1 aromatic heterocycles. The molecule has 0 atom stereocenters. The number of nitrogens with one attached hydrogen (secondary N) is 1. The first-order chi connectivity index (χ1) is 11.7. The van der Waals surface area contributed by atoms with Gasteiger partial charge in [-0.15, -0.1) is 0 Å². The highest BCUT2D eigenvalue weighted by molar-refractivity contribution is 7.52. The molecule has 25 heavy (non-hydrogen) atoms. The molecule has 6 nitrogen and oxygen atoms in total. The van der Waals surface area contributed by atoms with Crippen molar-refractivity contribution < 1.29 is 13.6 Å². The van der Waals surface area contributed by atoms with Gasteiger partial charge in [0.05, 0.1) is 29.9 Å². The van der Waals surface area contributed by atoms with Crippen LogP contribution in [0.25, 0.3) is 0 Å². The van der Waals surface area contributed by atoms with Gasteiger partial charge in [-0.2, -0.15) is 9.55 Å². The Morgan fingerprint density at radius 2 is 1.68 bits per heavy atom. The number of hydrogen-bond acceptors (Lipinski definition) is 5. The highest BCUT2D eigenvalue weighted by Crippen LogP contribution is 2.50. The first-order valence-electron chi connectivity index (χ1n) is 8.55. The average molecular weight is 381 g/mol. The molecule has 0 radical (unpaired) electrons. The fourth-order valence-electron chi connectivity index (χ4n) is 2.54. The maximum Gasteiger partial charge on any atom is 0.455 e. The molecule has 0 aliphatic rings. The molecular weight excluding hydrogens is 353 g/mol. The molecule has 0 unspecified atom stereocenters. The van der Waals surface area contributed by atoms with Crippen molar-refractivity contribution in [3.8, 4) is 0 Å². The molecule has 138 valence electrons. The molecule has 0 spiro atoms. The van der Waals surface area contributed by atoms with Crippen LogP contribution in [0.2, 0.25) is 19.6 Å². The van der Waals surface area contributed by atoms with Gasteiger partial charge in [-0.05, 0) is 32.9 Å². The van der Waals surface area contributed by atoms with Crippen LogP contribution in [0, 0.1) is 6.92 Å². The van der Waals surface area contributed by atoms with Crippen LogP contribution in [0.5, 0.6) is 0 Å². The van der Waals surface area contributed by atoms with Gasteiger partial charge < -0.3 is 5.32 Å². The summed E-state index contributed by atoms with van der Waals surface area (Å²) in [6.45, 7) is 12.7. The second-order valence-electron chi connectivity index (χ2n) is 6.74. The van der Waals surface area contributed by atoms with Crippen LogP contribution in [-0.4, -0.2) is 30.8 Å². The number of para-hydroxylation sites is 1. The summed E-state index contributed by atoms with van der Waals surface area (Å²) in [7, 11) is -5.30. The summed E-state index contributed by atoms with van der Waals surface area (Å²) < 4.78 is 25.6. The Morgan fingerprint density at radius 3 is 2.16 bits per heavy atom. The third-order valence-corrected chi connectivity index (χ3v) is 7.46. The van der Waals surface area contributed by atoms with Crippen molar-refractivity contribution in [1.82, 2.24) is 9.55 Å². The van der Waals surface area contributed by atoms with E-state index in [9.17, 15) is 4.57 Å². The van der Waals surface area contributed by atoms with Gasteiger partial charge >= 0.3 is 7.75 Å². The van der Waals surface area contributed by atoms with Gasteiger partial charge in [-0.1, -0.05) is 37.8 Å². The summed E-state index contributed by atoms with van der Waals surface area (Å²) >= 11 is 0. The standard InChI is InChI=1S/C17H28N3O3PSi/c1-7-22-24(21,23-8-2)20-14(3)16(17(19-20)25(4,5)6)18-15-12-10-9-11-13-15/h9-13,18H,7-8H2,1-6H3. The molecule has 1 N–H and O–H groups in total. The second-order valence-corrected chi connectivity index (χ2v) is 13.5. The van der Waals surface area contributed by atoms with Crippen LogP contribution < -0.4 is 10.6 Å². The van der Waals surface area contributed by atoms with Gasteiger partial charge in [0.2, 0.25) is 0 Å². The molecule has 2 rings (SSSR count). The predicted molar refractivity (Wildman–Crippen MR) is 106 cm³/mol. The topological polar surface area (TPSA) is 65.4 Å². The van der Waals surface area contributed by atoms with Crippen molar-refractivity contribution in [3.63, 3.8) is 0 Å². The van der Waals surface area contributed by atoms with Crippen LogP contribution in [0.3, 0.4) is 0 Å². The van der Waals surface area contributed by atoms with E-state index in [4.69, 9.17) is 9.05 Å². The third kappa shape index (κ3) is 4.42. The minimum absolute atomic E-state index is 0.292. The lowest BCUT2D eigenvalue weighted by Crippen LogP contribution is -2.40. The second kappa shape index (κ2) is 7.87. The Balaban J connectivity index is 2.59. The van der Waals surface area contributed by atoms with Crippen LogP contribution in [0.4, 0.5) is 11.4 Å². The van der Waals surface area contributed by atoms with E-state index in [0.717, 1.165) is 22.4 Å². The summed E-state index contributed by atoms with van der Waals surface area (Å²) in [5.41, 5.74) is 2.61. The van der Waals surface area contributed by atoms with E-state index in [2.05, 4.69) is 30.1 Å². The average Bonchev–Trinajstić information content (AvgIpc) is 2.87. The van der Waals surface area contributed by atoms with Crippen molar-refractivity contribution >= 4 is 32.5 Å². The monoisotopic (exact) mass is 381 g/mol. The number of benzene rings is 1. The zero-order valence-electron chi connectivity index (χ0n) is 15.9. The minimum atomic E-state index is -3.50. The SMILES string of the molecule is CCOP(=O)(OCC)n1nc([Si](C)(C)C)c(Nc2ccccc2)c1C. The molecule has 0 aliphatic heterocycles. The predicted octanol–water partition coefficient (Wildman–Crippen LogP) is 4.51. The lowest BCUT2D eigenvalue weighted by molar-refractivity contribution is 0.209. The summed E-state index contributed by atoms with van der Waals surface area (Å²) in [6, 6.07) is 9.91. The molecule has 1 heterocycles. The molecule has 0 aliphatic carbocycles. The van der Waals surface area contributed by atoms with E-state index in [1.165, 1.54) is 4.45 Å². The Bertz CT molecular complexity index is 746. The fourth-order valence-corrected chi connectivity index (χ4v) is 5.63. The molecule has 0 fully saturated rings. The molecule has 0 amide bonds. The maximum atomic E-state index is 13.2. The first-order valence-corrected chi connectivity index (χ1v) is 13.5. The van der Waals surface area contributed by atoms with Crippen LogP contribution in [-0.2, 0) is 13.6 Å². The number of anilines is 2. The van der Waals surface area contributed by atoms with Gasteiger partial charge in [0.25, 0.3) is 0 Å². The smallest absolute Gasteiger partial charge is 0.353 e. The third-order valence-electron chi connectivity index (χ3n) is 3.66. The first kappa shape index (κ1) is 19.9. The maximum absolute atomic E-state index is 13.2. The van der Waals surface area contributed by atoms with E-state index < -0.39 is 15.8 Å². The molecule has 0 bridgehead atoms. The Labute approximate surface area is 151 Å². The summed E-state index contributed by atoms with van der Waals surface area (Å²) in [5, 5.41) is 9.08. The summed E-state index contributed by atoms with van der Waals surface area (Å²) in [6.07, 6.45) is 0. The number of rotatable bonds is 8. The Morgan fingerprint density at radius 1 is 1.12 bits per heavy atom. The molecule has 2 aromatic rings. The molecule has 0 saturated heterocycles. The van der Waals surface area contributed by atoms with Crippen LogP contribution >= 0.6 is 7.75 Å². The van der Waals surface area contributed by atoms with Crippen molar-refractivity contribution in [3.05, 3.63) is 36.0 Å². The van der Waals surface area contributed by atoms with Crippen molar-refractivity contribution in [1.29, 1.82) is 0 Å². The molecular formula is C17H28N3O3PSi. The van der Waals surface area contributed by atoms with Crippen LogP contribution in [0.1, 0.15) is 19.5 Å². The Hall–Kier alpha value is -1.40. The van der Waals surface area contributed by atoms with Gasteiger partial charge in [0.1, 0.15) is 8.07 Å². The van der Waals surface area contributed by atoms with Crippen molar-refractivity contribution in [2.75, 3.05) is 18.5 Å². The van der Waals surface area contributed by atoms with E-state index in [-0.39, 0.29) is 0 Å². The van der Waals surface area contributed by atoms with Gasteiger partial charge in [0.15, 0.2) is 0 Å². The lowest BCUT2D eigenvalue weighted by Gasteiger charge is -2.18. The minimum Gasteiger partial charge on any atom is -0.353 e. The zero-order chi connectivity index (χ0) is 18.7. The van der Waals surface area contributed by atoms with E-state index in [1.807, 2.05) is 37.3 Å². The Kier molecular flexibility index (Phi) is 6.27. The van der Waals surface area contributed by atoms with Crippen molar-refractivity contribution in [2.45, 2.75) is 40.4 Å². The van der Waals surface area contributed by atoms with Crippen molar-refractivity contribution in [2.24, 2.45) is 0 Å². The van der Waals surface area contributed by atoms with E-state index in [1.54, 1.807) is 13.8 Å². The lowest BCUT2D eigenvalue weighted by atomic mass is 10.3. The molecule has 0 saturated carbocycles. The number of nitrogens with zero attached hydrogens (tertiary/aromatic N) is 2. The summed E-state index contributed by atoms with van der Waals surface area (Å²) in [4.78, 5) is 0. The highest BCUT2D eigenvalue weighted by Gasteiger charge is 2.35. The fraction of sp³-hybridized carbons (Fsp3) is 0.471. The highest BCUT2D eigenvalue weighted by atomic mass is 31.2. The van der Waals surface area contributed by atoms with Gasteiger partial charge in [-0.25, -0.2) is 4.57 Å². The summed E-state index contributed by atoms with van der Waals surface area (Å²) in [5.74, 6) is 0. The van der Waals surface area contributed by atoms with Gasteiger partial charge in [0, 0.05) is 5.69 Å². The normalized spacial score (nSPS) is 12.4. The molecule has 8 heteroatoms. The van der Waals surface area contributed by atoms with Crippen LogP contribution in [0.15, 0.2) is 30.3 Å². The zero-order valence-corrected chi connectivity index (χ0v) is 17.8. The number of hydrogen-bond donors (Lipinski definition) is 1. The number of aromatic nitrogens is 2. The molecule has 1 aromatic carbocycles. The van der Waals surface area contributed by atoms with E-state index >= 15 is 0 Å². The van der Waals surface area contributed by atoms with E-state index in [0.29, 0.717) is 13.2 Å². The van der Waals surface area contributed by atoms with Gasteiger partial charge in [-0.3, -0.25) is 9.05 Å².